The standard InChI is InChI=1S/C21H21FN4O3/c1-4-24(3)19(27)18-20(28)25(13-15-8-5-7-14(2)11-15)21(29)26(23-18)17-10-6-9-16(22)12-17/h5-12H,4,13H2,1-3H3. The molecule has 0 aliphatic rings. The van der Waals surface area contributed by atoms with Crippen molar-refractivity contribution in [2.75, 3.05) is 13.6 Å². The van der Waals surface area contributed by atoms with Gasteiger partial charge in [-0.25, -0.2) is 9.18 Å². The summed E-state index contributed by atoms with van der Waals surface area (Å²) in [5.74, 6) is -1.17. The first-order chi connectivity index (χ1) is 13.8. The maximum absolute atomic E-state index is 13.7. The van der Waals surface area contributed by atoms with E-state index in [4.69, 9.17) is 0 Å². The van der Waals surface area contributed by atoms with Gasteiger partial charge in [-0.15, -0.1) is 0 Å². The smallest absolute Gasteiger partial charge is 0.340 e. The van der Waals surface area contributed by atoms with Gasteiger partial charge in [-0.3, -0.25) is 14.2 Å². The molecule has 0 fully saturated rings. The van der Waals surface area contributed by atoms with Gasteiger partial charge in [0.1, 0.15) is 5.82 Å². The summed E-state index contributed by atoms with van der Waals surface area (Å²) in [6, 6.07) is 12.6. The van der Waals surface area contributed by atoms with Crippen LogP contribution in [-0.2, 0) is 6.54 Å². The highest BCUT2D eigenvalue weighted by Crippen LogP contribution is 2.08. The van der Waals surface area contributed by atoms with E-state index < -0.39 is 28.7 Å². The van der Waals surface area contributed by atoms with Crippen molar-refractivity contribution >= 4 is 5.91 Å². The highest BCUT2D eigenvalue weighted by atomic mass is 19.1. The molecule has 0 atom stereocenters. The summed E-state index contributed by atoms with van der Waals surface area (Å²) in [7, 11) is 1.53. The molecular weight excluding hydrogens is 375 g/mol. The van der Waals surface area contributed by atoms with Crippen LogP contribution in [0.2, 0.25) is 0 Å². The van der Waals surface area contributed by atoms with Crippen LogP contribution in [0.5, 0.6) is 0 Å². The molecule has 0 radical (unpaired) electrons. The van der Waals surface area contributed by atoms with Crippen LogP contribution in [0.25, 0.3) is 5.69 Å². The van der Waals surface area contributed by atoms with Crippen LogP contribution < -0.4 is 11.2 Å². The fraction of sp³-hybridized carbons (Fsp3) is 0.238. The van der Waals surface area contributed by atoms with Gasteiger partial charge >= 0.3 is 5.69 Å². The molecule has 29 heavy (non-hydrogen) atoms. The minimum absolute atomic E-state index is 0.0344. The molecule has 1 heterocycles. The zero-order valence-corrected chi connectivity index (χ0v) is 16.4. The van der Waals surface area contributed by atoms with E-state index in [1.54, 1.807) is 13.0 Å². The average Bonchev–Trinajstić information content (AvgIpc) is 2.70. The number of halogens is 1. The summed E-state index contributed by atoms with van der Waals surface area (Å²) >= 11 is 0. The van der Waals surface area contributed by atoms with Gasteiger partial charge in [-0.2, -0.15) is 9.78 Å². The summed E-state index contributed by atoms with van der Waals surface area (Å²) in [5.41, 5.74) is -0.111. The van der Waals surface area contributed by atoms with Gasteiger partial charge in [0.05, 0.1) is 12.2 Å². The third-order valence-electron chi connectivity index (χ3n) is 4.56. The Morgan fingerprint density at radius 3 is 2.52 bits per heavy atom. The lowest BCUT2D eigenvalue weighted by Crippen LogP contribution is -2.46. The Labute approximate surface area is 166 Å². The monoisotopic (exact) mass is 396 g/mol. The van der Waals surface area contributed by atoms with Gasteiger partial charge < -0.3 is 4.90 Å². The number of carbonyl (C=O) groups is 1. The second kappa shape index (κ2) is 8.22. The van der Waals surface area contributed by atoms with Gasteiger partial charge in [0, 0.05) is 13.6 Å². The van der Waals surface area contributed by atoms with E-state index in [0.29, 0.717) is 6.54 Å². The predicted octanol–water partition coefficient (Wildman–Crippen LogP) is 1.98. The number of aromatic nitrogens is 3. The number of benzene rings is 2. The quantitative estimate of drug-likeness (QED) is 0.661. The maximum Gasteiger partial charge on any atom is 0.352 e. The zero-order valence-electron chi connectivity index (χ0n) is 16.4. The van der Waals surface area contributed by atoms with E-state index >= 15 is 0 Å². The lowest BCUT2D eigenvalue weighted by atomic mass is 10.1. The predicted molar refractivity (Wildman–Crippen MR) is 107 cm³/mol. The third-order valence-corrected chi connectivity index (χ3v) is 4.56. The number of hydrogen-bond acceptors (Lipinski definition) is 4. The summed E-state index contributed by atoms with van der Waals surface area (Å²) < 4.78 is 15.5. The molecule has 0 bridgehead atoms. The van der Waals surface area contributed by atoms with Gasteiger partial charge in [0.15, 0.2) is 0 Å². The lowest BCUT2D eigenvalue weighted by Gasteiger charge is -2.16. The molecule has 0 unspecified atom stereocenters. The minimum Gasteiger partial charge on any atom is -0.340 e. The van der Waals surface area contributed by atoms with E-state index in [2.05, 4.69) is 5.10 Å². The Balaban J connectivity index is 2.25. The number of amides is 1. The van der Waals surface area contributed by atoms with Crippen LogP contribution >= 0.6 is 0 Å². The van der Waals surface area contributed by atoms with Crippen LogP contribution in [0.15, 0.2) is 58.1 Å². The van der Waals surface area contributed by atoms with Crippen molar-refractivity contribution in [1.82, 2.24) is 19.2 Å². The van der Waals surface area contributed by atoms with E-state index in [0.717, 1.165) is 26.4 Å². The molecule has 8 heteroatoms. The summed E-state index contributed by atoms with van der Waals surface area (Å²) in [6.45, 7) is 3.98. The van der Waals surface area contributed by atoms with Gasteiger partial charge in [0.2, 0.25) is 5.69 Å². The zero-order chi connectivity index (χ0) is 21.1. The molecule has 0 aliphatic heterocycles. The molecule has 2 aromatic carbocycles. The SMILES string of the molecule is CCN(C)C(=O)c1nn(-c2cccc(F)c2)c(=O)n(Cc2cccc(C)c2)c1=O. The van der Waals surface area contributed by atoms with E-state index in [-0.39, 0.29) is 12.2 Å². The molecular formula is C21H21FN4O3. The number of hydrogen-bond donors (Lipinski definition) is 0. The summed E-state index contributed by atoms with van der Waals surface area (Å²) in [6.07, 6.45) is 0. The molecule has 3 aromatic rings. The number of carbonyl (C=O) groups excluding carboxylic acids is 1. The van der Waals surface area contributed by atoms with Crippen molar-refractivity contribution in [3.63, 3.8) is 0 Å². The van der Waals surface area contributed by atoms with E-state index in [9.17, 15) is 18.8 Å². The van der Waals surface area contributed by atoms with Crippen LogP contribution in [0.1, 0.15) is 28.5 Å². The van der Waals surface area contributed by atoms with E-state index in [1.807, 2.05) is 25.1 Å². The number of rotatable bonds is 5. The van der Waals surface area contributed by atoms with Gasteiger partial charge in [-0.05, 0) is 37.6 Å². The molecule has 150 valence electrons. The normalized spacial score (nSPS) is 10.8. The second-order valence-electron chi connectivity index (χ2n) is 6.72. The fourth-order valence-electron chi connectivity index (χ4n) is 2.88. The number of nitrogens with zero attached hydrogens (tertiary/aromatic N) is 4. The molecule has 1 amide bonds. The summed E-state index contributed by atoms with van der Waals surface area (Å²) in [5, 5.41) is 3.98. The summed E-state index contributed by atoms with van der Waals surface area (Å²) in [4.78, 5) is 40.0. The van der Waals surface area contributed by atoms with Crippen LogP contribution in [-0.4, -0.2) is 38.7 Å². The second-order valence-corrected chi connectivity index (χ2v) is 6.72. The molecule has 1 aromatic heterocycles. The molecule has 7 nitrogen and oxygen atoms in total. The Kier molecular flexibility index (Phi) is 5.72. The molecule has 3 rings (SSSR count). The average molecular weight is 396 g/mol. The van der Waals surface area contributed by atoms with Crippen LogP contribution in [0.3, 0.4) is 0 Å². The van der Waals surface area contributed by atoms with Gasteiger partial charge in [-0.1, -0.05) is 35.9 Å². The molecule has 0 saturated carbocycles. The molecule has 0 saturated heterocycles. The molecule has 0 spiro atoms. The minimum atomic E-state index is -0.783. The van der Waals surface area contributed by atoms with Crippen molar-refractivity contribution < 1.29 is 9.18 Å². The Morgan fingerprint density at radius 2 is 1.86 bits per heavy atom. The third kappa shape index (κ3) is 4.16. The highest BCUT2D eigenvalue weighted by molar-refractivity contribution is 5.91. The van der Waals surface area contributed by atoms with Crippen molar-refractivity contribution in [3.05, 3.63) is 92.0 Å². The first kappa shape index (κ1) is 20.2. The Morgan fingerprint density at radius 1 is 1.14 bits per heavy atom. The lowest BCUT2D eigenvalue weighted by molar-refractivity contribution is 0.0791. The first-order valence-electron chi connectivity index (χ1n) is 9.13. The molecule has 0 N–H and O–H groups in total. The molecule has 0 aliphatic carbocycles. The van der Waals surface area contributed by atoms with Gasteiger partial charge in [0.25, 0.3) is 11.5 Å². The maximum atomic E-state index is 13.7. The Hall–Kier alpha value is -3.55. The largest absolute Gasteiger partial charge is 0.352 e. The van der Waals surface area contributed by atoms with Crippen molar-refractivity contribution in [2.24, 2.45) is 0 Å². The van der Waals surface area contributed by atoms with Crippen molar-refractivity contribution in [3.8, 4) is 5.69 Å². The number of aryl methyl sites for hydroxylation is 1. The van der Waals surface area contributed by atoms with Crippen molar-refractivity contribution in [1.29, 1.82) is 0 Å². The van der Waals surface area contributed by atoms with Crippen LogP contribution in [0, 0.1) is 12.7 Å². The Bertz CT molecular complexity index is 1180. The van der Waals surface area contributed by atoms with Crippen LogP contribution in [0.4, 0.5) is 4.39 Å². The van der Waals surface area contributed by atoms with E-state index in [1.165, 1.54) is 30.1 Å². The highest BCUT2D eigenvalue weighted by Gasteiger charge is 2.22. The first-order valence-corrected chi connectivity index (χ1v) is 9.13. The fourth-order valence-corrected chi connectivity index (χ4v) is 2.88. The van der Waals surface area contributed by atoms with Crippen molar-refractivity contribution in [2.45, 2.75) is 20.4 Å². The topological polar surface area (TPSA) is 77.2 Å².